The molecule has 6 heteroatoms. The zero-order valence-corrected chi connectivity index (χ0v) is 15.1. The number of aliphatic hydroxyl groups excluding tert-OH is 1. The molecule has 1 aromatic heterocycles. The number of hydrogen-bond acceptors (Lipinski definition) is 5. The predicted molar refractivity (Wildman–Crippen MR) is 94.8 cm³/mol. The summed E-state index contributed by atoms with van der Waals surface area (Å²) >= 11 is 0. The van der Waals surface area contributed by atoms with E-state index in [4.69, 9.17) is 9.26 Å². The fraction of sp³-hybridized carbons (Fsp3) is 0.500. The molecule has 3 atom stereocenters. The zero-order valence-electron chi connectivity index (χ0n) is 15.1. The van der Waals surface area contributed by atoms with Crippen LogP contribution >= 0.6 is 0 Å². The number of aromatic nitrogens is 1. The lowest BCUT2D eigenvalue weighted by molar-refractivity contribution is -0.130. The first kappa shape index (κ1) is 17.2. The number of likely N-dealkylation sites (tertiary alicyclic amines) is 1. The number of nitrogens with zero attached hydrogens (tertiary/aromatic N) is 2. The Labute approximate surface area is 152 Å². The van der Waals surface area contributed by atoms with Crippen molar-refractivity contribution in [2.75, 3.05) is 19.7 Å². The van der Waals surface area contributed by atoms with Gasteiger partial charge in [0, 0.05) is 18.0 Å². The lowest BCUT2D eigenvalue weighted by Crippen LogP contribution is -2.41. The standard InChI is InChI=1S/C20H24N2O4/c1-13-17(14(2)26-21-13)8-19(24)22-10-18(23)20(12-22)9-16(11-25-20)15-6-4-3-5-7-15/h3-7,16,18,23H,8-12H2,1-2H3/t16-,18-,20-/m1/s1. The summed E-state index contributed by atoms with van der Waals surface area (Å²) in [6, 6.07) is 10.2. The first-order valence-electron chi connectivity index (χ1n) is 9.05. The van der Waals surface area contributed by atoms with E-state index in [9.17, 15) is 9.90 Å². The minimum atomic E-state index is -0.662. The van der Waals surface area contributed by atoms with Crippen LogP contribution in [0.15, 0.2) is 34.9 Å². The molecule has 0 saturated carbocycles. The molecule has 1 aromatic carbocycles. The molecule has 26 heavy (non-hydrogen) atoms. The summed E-state index contributed by atoms with van der Waals surface area (Å²) in [5.74, 6) is 0.900. The molecule has 3 heterocycles. The van der Waals surface area contributed by atoms with E-state index in [0.29, 0.717) is 25.5 Å². The van der Waals surface area contributed by atoms with Crippen LogP contribution in [0, 0.1) is 13.8 Å². The summed E-state index contributed by atoms with van der Waals surface area (Å²) in [7, 11) is 0. The molecule has 2 saturated heterocycles. The Morgan fingerprint density at radius 2 is 2.12 bits per heavy atom. The number of rotatable bonds is 3. The molecule has 1 N–H and O–H groups in total. The molecule has 4 rings (SSSR count). The summed E-state index contributed by atoms with van der Waals surface area (Å²) in [5.41, 5.74) is 2.14. The highest BCUT2D eigenvalue weighted by Crippen LogP contribution is 2.42. The number of ether oxygens (including phenoxy) is 1. The molecule has 0 aliphatic carbocycles. The van der Waals surface area contributed by atoms with E-state index in [0.717, 1.165) is 17.7 Å². The Morgan fingerprint density at radius 1 is 1.35 bits per heavy atom. The number of aryl methyl sites for hydroxylation is 2. The highest BCUT2D eigenvalue weighted by Gasteiger charge is 2.53. The van der Waals surface area contributed by atoms with Gasteiger partial charge in [0.1, 0.15) is 17.5 Å². The molecule has 2 aromatic rings. The molecule has 1 amide bonds. The minimum absolute atomic E-state index is 0.0258. The molecule has 0 radical (unpaired) electrons. The third-order valence-electron chi connectivity index (χ3n) is 5.76. The summed E-state index contributed by atoms with van der Waals surface area (Å²) in [4.78, 5) is 14.5. The molecule has 2 aliphatic rings. The van der Waals surface area contributed by atoms with Gasteiger partial charge in [-0.3, -0.25) is 4.79 Å². The van der Waals surface area contributed by atoms with Crippen molar-refractivity contribution in [2.24, 2.45) is 0 Å². The van der Waals surface area contributed by atoms with Crippen LogP contribution < -0.4 is 0 Å². The minimum Gasteiger partial charge on any atom is -0.388 e. The Balaban J connectivity index is 1.45. The topological polar surface area (TPSA) is 75.8 Å². The molecule has 6 nitrogen and oxygen atoms in total. The number of β-amino-alcohol motifs (C(OH)–C–C–N with tert-alkyl or cyclic N) is 1. The normalized spacial score (nSPS) is 28.2. The molecule has 0 unspecified atom stereocenters. The lowest BCUT2D eigenvalue weighted by atomic mass is 9.87. The number of hydrogen-bond donors (Lipinski definition) is 1. The van der Waals surface area contributed by atoms with E-state index in [-0.39, 0.29) is 18.2 Å². The third kappa shape index (κ3) is 2.93. The van der Waals surface area contributed by atoms with E-state index in [1.807, 2.05) is 32.0 Å². The van der Waals surface area contributed by atoms with Gasteiger partial charge >= 0.3 is 0 Å². The highest BCUT2D eigenvalue weighted by molar-refractivity contribution is 5.79. The van der Waals surface area contributed by atoms with Crippen LogP contribution in [0.3, 0.4) is 0 Å². The van der Waals surface area contributed by atoms with Gasteiger partial charge in [-0.1, -0.05) is 35.5 Å². The van der Waals surface area contributed by atoms with Gasteiger partial charge in [-0.05, 0) is 25.8 Å². The first-order chi connectivity index (χ1) is 12.5. The Kier molecular flexibility index (Phi) is 4.32. The maximum atomic E-state index is 12.7. The lowest BCUT2D eigenvalue weighted by Gasteiger charge is -2.26. The second-order valence-corrected chi connectivity index (χ2v) is 7.46. The summed E-state index contributed by atoms with van der Waals surface area (Å²) < 4.78 is 11.2. The van der Waals surface area contributed by atoms with Gasteiger partial charge in [0.2, 0.25) is 5.91 Å². The van der Waals surface area contributed by atoms with Crippen LogP contribution in [0.4, 0.5) is 0 Å². The number of amides is 1. The quantitative estimate of drug-likeness (QED) is 0.910. The van der Waals surface area contributed by atoms with Gasteiger partial charge in [0.25, 0.3) is 0 Å². The van der Waals surface area contributed by atoms with E-state index in [1.165, 1.54) is 5.56 Å². The maximum Gasteiger partial charge on any atom is 0.227 e. The van der Waals surface area contributed by atoms with Gasteiger partial charge in [0.15, 0.2) is 0 Å². The van der Waals surface area contributed by atoms with Crippen molar-refractivity contribution < 1.29 is 19.2 Å². The van der Waals surface area contributed by atoms with Crippen LogP contribution in [-0.2, 0) is 16.0 Å². The third-order valence-corrected chi connectivity index (χ3v) is 5.76. The van der Waals surface area contributed by atoms with Crippen LogP contribution in [-0.4, -0.2) is 52.5 Å². The SMILES string of the molecule is Cc1noc(C)c1CC(=O)N1C[C@@H](O)[C@@]2(C[C@@H](c3ccccc3)CO2)C1. The van der Waals surface area contributed by atoms with Crippen molar-refractivity contribution in [2.45, 2.75) is 44.3 Å². The van der Waals surface area contributed by atoms with E-state index in [1.54, 1.807) is 4.90 Å². The van der Waals surface area contributed by atoms with Gasteiger partial charge in [0.05, 0.1) is 25.3 Å². The van der Waals surface area contributed by atoms with E-state index >= 15 is 0 Å². The van der Waals surface area contributed by atoms with Crippen LogP contribution in [0.1, 0.15) is 34.9 Å². The molecule has 1 spiro atoms. The largest absolute Gasteiger partial charge is 0.388 e. The van der Waals surface area contributed by atoms with Crippen molar-refractivity contribution >= 4 is 5.91 Å². The molecule has 138 valence electrons. The summed E-state index contributed by atoms with van der Waals surface area (Å²) in [5, 5.41) is 14.6. The predicted octanol–water partition coefficient (Wildman–Crippen LogP) is 1.98. The van der Waals surface area contributed by atoms with Crippen molar-refractivity contribution in [3.63, 3.8) is 0 Å². The van der Waals surface area contributed by atoms with E-state index in [2.05, 4.69) is 17.3 Å². The van der Waals surface area contributed by atoms with Crippen molar-refractivity contribution in [3.8, 4) is 0 Å². The van der Waals surface area contributed by atoms with Crippen molar-refractivity contribution in [3.05, 3.63) is 52.9 Å². The van der Waals surface area contributed by atoms with Gasteiger partial charge in [-0.15, -0.1) is 0 Å². The number of carbonyl (C=O) groups is 1. The zero-order chi connectivity index (χ0) is 18.3. The molecule has 2 aliphatic heterocycles. The Bertz CT molecular complexity index is 784. The molecular formula is C20H24N2O4. The van der Waals surface area contributed by atoms with Crippen LogP contribution in [0.5, 0.6) is 0 Å². The monoisotopic (exact) mass is 356 g/mol. The highest BCUT2D eigenvalue weighted by atomic mass is 16.5. The van der Waals surface area contributed by atoms with Crippen LogP contribution in [0.25, 0.3) is 0 Å². The smallest absolute Gasteiger partial charge is 0.227 e. The summed E-state index contributed by atoms with van der Waals surface area (Å²) in [6.07, 6.45) is 0.309. The van der Waals surface area contributed by atoms with Crippen molar-refractivity contribution in [1.82, 2.24) is 10.1 Å². The number of carbonyl (C=O) groups excluding carboxylic acids is 1. The van der Waals surface area contributed by atoms with Crippen LogP contribution in [0.2, 0.25) is 0 Å². The fourth-order valence-corrected chi connectivity index (χ4v) is 4.16. The second kappa shape index (κ2) is 6.52. The first-order valence-corrected chi connectivity index (χ1v) is 9.05. The number of benzene rings is 1. The van der Waals surface area contributed by atoms with E-state index < -0.39 is 11.7 Å². The van der Waals surface area contributed by atoms with Crippen molar-refractivity contribution in [1.29, 1.82) is 0 Å². The Morgan fingerprint density at radius 3 is 2.81 bits per heavy atom. The average molecular weight is 356 g/mol. The average Bonchev–Trinajstić information content (AvgIpc) is 3.31. The fourth-order valence-electron chi connectivity index (χ4n) is 4.16. The molecular weight excluding hydrogens is 332 g/mol. The molecule has 2 fully saturated rings. The van der Waals surface area contributed by atoms with Gasteiger partial charge in [-0.25, -0.2) is 0 Å². The van der Waals surface area contributed by atoms with Gasteiger partial charge < -0.3 is 19.3 Å². The maximum absolute atomic E-state index is 12.7. The van der Waals surface area contributed by atoms with Gasteiger partial charge in [-0.2, -0.15) is 0 Å². The molecule has 0 bridgehead atoms. The number of aliphatic hydroxyl groups is 1. The second-order valence-electron chi connectivity index (χ2n) is 7.46. The summed E-state index contributed by atoms with van der Waals surface area (Å²) in [6.45, 7) is 4.97. The Hall–Kier alpha value is -2.18.